The zero-order valence-electron chi connectivity index (χ0n) is 13.7. The van der Waals surface area contributed by atoms with Crippen LogP contribution in [-0.4, -0.2) is 43.2 Å². The Kier molecular flexibility index (Phi) is 4.67. The summed E-state index contributed by atoms with van der Waals surface area (Å²) in [6.45, 7) is 8.05. The number of carbonyl (C=O) groups is 1. The highest BCUT2D eigenvalue weighted by Gasteiger charge is 2.32. The third kappa shape index (κ3) is 3.12. The number of benzene rings is 1. The third-order valence-corrected chi connectivity index (χ3v) is 4.91. The van der Waals surface area contributed by atoms with Crippen LogP contribution in [0.25, 0.3) is 0 Å². The van der Waals surface area contributed by atoms with Gasteiger partial charge in [0, 0.05) is 24.8 Å². The largest absolute Gasteiger partial charge is 0.324 e. The van der Waals surface area contributed by atoms with Gasteiger partial charge in [0.1, 0.15) is 0 Å². The van der Waals surface area contributed by atoms with E-state index in [-0.39, 0.29) is 12.1 Å². The van der Waals surface area contributed by atoms with Crippen LogP contribution >= 0.6 is 0 Å². The Morgan fingerprint density at radius 3 is 2.59 bits per heavy atom. The van der Waals surface area contributed by atoms with Gasteiger partial charge >= 0.3 is 6.03 Å². The van der Waals surface area contributed by atoms with Crippen LogP contribution in [0, 0.1) is 5.92 Å². The summed E-state index contributed by atoms with van der Waals surface area (Å²) in [5.41, 5.74) is 2.45. The monoisotopic (exact) mass is 301 g/mol. The number of urea groups is 1. The molecule has 2 aliphatic rings. The average Bonchev–Trinajstić information content (AvgIpc) is 2.91. The Hall–Kier alpha value is -1.55. The summed E-state index contributed by atoms with van der Waals surface area (Å²) in [4.78, 5) is 16.6. The molecule has 2 fully saturated rings. The van der Waals surface area contributed by atoms with E-state index in [0.29, 0.717) is 0 Å². The number of amides is 2. The molecule has 1 aromatic rings. The molecule has 4 nitrogen and oxygen atoms in total. The van der Waals surface area contributed by atoms with E-state index in [1.165, 1.54) is 18.4 Å². The standard InChI is InChI=1S/C18H27N3O/c1-14(2)20-11-12-21(18(20)22)17-6-4-3-5-16(17)13-15-7-9-19-10-8-15/h3-6,14-15,19H,7-13H2,1-2H3. The molecule has 2 heterocycles. The second kappa shape index (κ2) is 6.69. The number of nitrogens with one attached hydrogen (secondary N) is 1. The van der Waals surface area contributed by atoms with Gasteiger partial charge in [0.2, 0.25) is 0 Å². The van der Waals surface area contributed by atoms with Crippen molar-refractivity contribution in [2.24, 2.45) is 5.92 Å². The number of para-hydroxylation sites is 1. The molecule has 0 atom stereocenters. The first kappa shape index (κ1) is 15.3. The van der Waals surface area contributed by atoms with Gasteiger partial charge in [-0.15, -0.1) is 0 Å². The maximum absolute atomic E-state index is 12.6. The highest BCUT2D eigenvalue weighted by molar-refractivity contribution is 5.95. The van der Waals surface area contributed by atoms with Crippen LogP contribution in [-0.2, 0) is 6.42 Å². The molecule has 0 spiro atoms. The minimum absolute atomic E-state index is 0.160. The molecule has 4 heteroatoms. The second-order valence-corrected chi connectivity index (χ2v) is 6.75. The first-order chi connectivity index (χ1) is 10.7. The van der Waals surface area contributed by atoms with E-state index in [4.69, 9.17) is 0 Å². The van der Waals surface area contributed by atoms with Crippen LogP contribution < -0.4 is 10.2 Å². The molecule has 2 aliphatic heterocycles. The summed E-state index contributed by atoms with van der Waals surface area (Å²) in [7, 11) is 0. The number of rotatable bonds is 4. The lowest BCUT2D eigenvalue weighted by Gasteiger charge is -2.26. The van der Waals surface area contributed by atoms with Crippen molar-refractivity contribution in [1.29, 1.82) is 0 Å². The normalized spacial score (nSPS) is 20.2. The Morgan fingerprint density at radius 1 is 1.18 bits per heavy atom. The number of nitrogens with zero attached hydrogens (tertiary/aromatic N) is 2. The molecule has 3 rings (SSSR count). The molecule has 1 N–H and O–H groups in total. The van der Waals surface area contributed by atoms with E-state index in [9.17, 15) is 4.79 Å². The zero-order valence-corrected chi connectivity index (χ0v) is 13.7. The van der Waals surface area contributed by atoms with Gasteiger partial charge in [-0.3, -0.25) is 4.90 Å². The van der Waals surface area contributed by atoms with Crippen molar-refractivity contribution in [1.82, 2.24) is 10.2 Å². The Balaban J connectivity index is 1.78. The molecule has 0 aliphatic carbocycles. The summed E-state index contributed by atoms with van der Waals surface area (Å²) in [5, 5.41) is 3.42. The maximum Gasteiger partial charge on any atom is 0.324 e. The van der Waals surface area contributed by atoms with Crippen molar-refractivity contribution >= 4 is 11.7 Å². The first-order valence-corrected chi connectivity index (χ1v) is 8.53. The first-order valence-electron chi connectivity index (χ1n) is 8.53. The zero-order chi connectivity index (χ0) is 15.5. The SMILES string of the molecule is CC(C)N1CCN(c2ccccc2CC2CCNCC2)C1=O. The van der Waals surface area contributed by atoms with Gasteiger partial charge < -0.3 is 10.2 Å². The quantitative estimate of drug-likeness (QED) is 0.928. The number of piperidine rings is 1. The van der Waals surface area contributed by atoms with Crippen LogP contribution in [0.5, 0.6) is 0 Å². The molecule has 1 aromatic carbocycles. The minimum Gasteiger partial charge on any atom is -0.320 e. The van der Waals surface area contributed by atoms with E-state index >= 15 is 0 Å². The van der Waals surface area contributed by atoms with Gasteiger partial charge in [-0.2, -0.15) is 0 Å². The molecule has 120 valence electrons. The van der Waals surface area contributed by atoms with E-state index in [1.54, 1.807) is 0 Å². The molecule has 22 heavy (non-hydrogen) atoms. The average molecular weight is 301 g/mol. The Morgan fingerprint density at radius 2 is 1.91 bits per heavy atom. The number of hydrogen-bond acceptors (Lipinski definition) is 2. The van der Waals surface area contributed by atoms with Crippen LogP contribution in [0.1, 0.15) is 32.3 Å². The smallest absolute Gasteiger partial charge is 0.320 e. The number of anilines is 1. The lowest BCUT2D eigenvalue weighted by atomic mass is 9.90. The van der Waals surface area contributed by atoms with Crippen molar-refractivity contribution in [3.05, 3.63) is 29.8 Å². The third-order valence-electron chi connectivity index (χ3n) is 4.91. The summed E-state index contributed by atoms with van der Waals surface area (Å²) < 4.78 is 0. The highest BCUT2D eigenvalue weighted by atomic mass is 16.2. The highest BCUT2D eigenvalue weighted by Crippen LogP contribution is 2.29. The van der Waals surface area contributed by atoms with E-state index in [0.717, 1.165) is 44.2 Å². The van der Waals surface area contributed by atoms with E-state index in [2.05, 4.69) is 37.4 Å². The summed E-state index contributed by atoms with van der Waals surface area (Å²) >= 11 is 0. The van der Waals surface area contributed by atoms with Crippen LogP contribution in [0.3, 0.4) is 0 Å². The van der Waals surface area contributed by atoms with Crippen molar-refractivity contribution in [2.45, 2.75) is 39.2 Å². The molecule has 2 saturated heterocycles. The van der Waals surface area contributed by atoms with Crippen LogP contribution in [0.2, 0.25) is 0 Å². The summed E-state index contributed by atoms with van der Waals surface area (Å²) in [6, 6.07) is 8.88. The topological polar surface area (TPSA) is 35.6 Å². The number of carbonyl (C=O) groups excluding carboxylic acids is 1. The Labute approximate surface area is 133 Å². The van der Waals surface area contributed by atoms with Crippen molar-refractivity contribution < 1.29 is 4.79 Å². The van der Waals surface area contributed by atoms with Gasteiger partial charge in [-0.1, -0.05) is 18.2 Å². The van der Waals surface area contributed by atoms with Gasteiger partial charge in [-0.05, 0) is 63.7 Å². The maximum atomic E-state index is 12.6. The molecular formula is C18H27N3O. The van der Waals surface area contributed by atoms with Gasteiger partial charge in [0.15, 0.2) is 0 Å². The molecular weight excluding hydrogens is 274 g/mol. The van der Waals surface area contributed by atoms with Gasteiger partial charge in [0.05, 0.1) is 0 Å². The predicted molar refractivity (Wildman–Crippen MR) is 90.3 cm³/mol. The lowest BCUT2D eigenvalue weighted by molar-refractivity contribution is 0.209. The Bertz CT molecular complexity index is 523. The van der Waals surface area contributed by atoms with Crippen molar-refractivity contribution in [2.75, 3.05) is 31.1 Å². The molecule has 0 saturated carbocycles. The predicted octanol–water partition coefficient (Wildman–Crippen LogP) is 2.88. The lowest BCUT2D eigenvalue weighted by Crippen LogP contribution is -2.36. The fourth-order valence-corrected chi connectivity index (χ4v) is 3.60. The molecule has 0 bridgehead atoms. The van der Waals surface area contributed by atoms with Crippen molar-refractivity contribution in [3.63, 3.8) is 0 Å². The number of hydrogen-bond donors (Lipinski definition) is 1. The molecule has 0 radical (unpaired) electrons. The molecule has 0 aromatic heterocycles. The summed E-state index contributed by atoms with van der Waals surface area (Å²) in [6.07, 6.45) is 3.56. The molecule has 0 unspecified atom stereocenters. The second-order valence-electron chi connectivity index (χ2n) is 6.75. The van der Waals surface area contributed by atoms with E-state index in [1.807, 2.05) is 15.9 Å². The minimum atomic E-state index is 0.160. The van der Waals surface area contributed by atoms with E-state index < -0.39 is 0 Å². The van der Waals surface area contributed by atoms with Gasteiger partial charge in [-0.25, -0.2) is 4.79 Å². The van der Waals surface area contributed by atoms with Gasteiger partial charge in [0.25, 0.3) is 0 Å². The van der Waals surface area contributed by atoms with Crippen LogP contribution in [0.4, 0.5) is 10.5 Å². The van der Waals surface area contributed by atoms with Crippen molar-refractivity contribution in [3.8, 4) is 0 Å². The molecule has 2 amide bonds. The fourth-order valence-electron chi connectivity index (χ4n) is 3.60. The fraction of sp³-hybridized carbons (Fsp3) is 0.611. The summed E-state index contributed by atoms with van der Waals surface area (Å²) in [5.74, 6) is 0.737. The van der Waals surface area contributed by atoms with Crippen LogP contribution in [0.15, 0.2) is 24.3 Å².